The van der Waals surface area contributed by atoms with Gasteiger partial charge in [0.25, 0.3) is 10.0 Å². The first-order valence-electron chi connectivity index (χ1n) is 9.85. The summed E-state index contributed by atoms with van der Waals surface area (Å²) in [6, 6.07) is 13.2. The van der Waals surface area contributed by atoms with Gasteiger partial charge in [-0.25, -0.2) is 13.1 Å². The molecule has 0 radical (unpaired) electrons. The van der Waals surface area contributed by atoms with Crippen molar-refractivity contribution in [3.8, 4) is 16.9 Å². The van der Waals surface area contributed by atoms with E-state index in [-0.39, 0.29) is 51.2 Å². The Hall–Kier alpha value is -2.18. The minimum atomic E-state index is -4.66. The molecule has 34 heavy (non-hydrogen) atoms. The molecule has 0 saturated heterocycles. The van der Waals surface area contributed by atoms with Gasteiger partial charge in [-0.2, -0.15) is 18.3 Å². The molecule has 0 unspecified atom stereocenters. The Bertz CT molecular complexity index is 1260. The normalized spacial score (nSPS) is 12.2. The maximum absolute atomic E-state index is 13.4. The van der Waals surface area contributed by atoms with Gasteiger partial charge < -0.3 is 0 Å². The number of hydrogen-bond donors (Lipinski definition) is 2. The summed E-state index contributed by atoms with van der Waals surface area (Å²) in [5.41, 5.74) is 2.77. The molecule has 12 heteroatoms. The van der Waals surface area contributed by atoms with Gasteiger partial charge in [-0.3, -0.25) is 10.2 Å². The molecule has 0 aliphatic rings. The fourth-order valence-electron chi connectivity index (χ4n) is 3.03. The van der Waals surface area contributed by atoms with Crippen LogP contribution >= 0.6 is 0 Å². The molecule has 7 nitrogen and oxygen atoms in total. The van der Waals surface area contributed by atoms with Crippen molar-refractivity contribution in [2.75, 3.05) is 0 Å². The number of sulfonamides is 1. The Kier molecular flexibility index (Phi) is 8.42. The number of amides is 1. The molecule has 178 valence electrons. The summed E-state index contributed by atoms with van der Waals surface area (Å²) in [5, 5.41) is 3.72. The Morgan fingerprint density at radius 1 is 0.971 bits per heavy atom. The number of benzene rings is 2. The first-order chi connectivity index (χ1) is 15.2. The molecule has 0 aliphatic heterocycles. The van der Waals surface area contributed by atoms with E-state index < -0.39 is 27.8 Å². The van der Waals surface area contributed by atoms with E-state index in [0.29, 0.717) is 5.56 Å². The van der Waals surface area contributed by atoms with Crippen LogP contribution in [0, 0.1) is 0 Å². The second kappa shape index (κ2) is 10.2. The van der Waals surface area contributed by atoms with Gasteiger partial charge in [0, 0.05) is 12.5 Å². The van der Waals surface area contributed by atoms with E-state index in [1.54, 1.807) is 12.1 Å². The summed E-state index contributed by atoms with van der Waals surface area (Å²) in [5.74, 6) is -0.603. The van der Waals surface area contributed by atoms with Gasteiger partial charge in [0.15, 0.2) is 5.69 Å². The molecule has 0 bridgehead atoms. The molecule has 0 atom stereocenters. The van der Waals surface area contributed by atoms with Crippen molar-refractivity contribution < 1.29 is 26.4 Å². The fraction of sp³-hybridized carbons (Fsp3) is 0.273. The van der Waals surface area contributed by atoms with Crippen LogP contribution < -0.4 is 10.3 Å². The molecule has 2 N–H and O–H groups in total. The molecule has 0 saturated carbocycles. The predicted molar refractivity (Wildman–Crippen MR) is 124 cm³/mol. The van der Waals surface area contributed by atoms with Gasteiger partial charge in [0.2, 0.25) is 5.91 Å². The molecule has 0 fully saturated rings. The molecule has 1 aromatic heterocycles. The summed E-state index contributed by atoms with van der Waals surface area (Å²) in [6.45, 7) is 7.23. The minimum absolute atomic E-state index is 0. The van der Waals surface area contributed by atoms with E-state index in [2.05, 4.69) is 5.10 Å². The third-order valence-electron chi connectivity index (χ3n) is 4.80. The third kappa shape index (κ3) is 6.48. The molecule has 3 aromatic rings. The molecule has 0 aliphatic carbocycles. The zero-order valence-electron chi connectivity index (χ0n) is 18.4. The van der Waals surface area contributed by atoms with E-state index in [9.17, 15) is 26.4 Å². The summed E-state index contributed by atoms with van der Waals surface area (Å²) in [4.78, 5) is 12.7. The van der Waals surface area contributed by atoms with Crippen LogP contribution in [-0.4, -0.2) is 53.7 Å². The fourth-order valence-corrected chi connectivity index (χ4v) is 3.92. The Morgan fingerprint density at radius 3 is 2.00 bits per heavy atom. The topological polar surface area (TPSA) is 93.1 Å². The number of halogens is 3. The third-order valence-corrected chi connectivity index (χ3v) is 6.06. The van der Waals surface area contributed by atoms with Crippen LogP contribution in [0.3, 0.4) is 0 Å². The maximum atomic E-state index is 13.4. The molecule has 1 amide bonds. The van der Waals surface area contributed by atoms with Crippen molar-refractivity contribution in [1.29, 1.82) is 0 Å². The monoisotopic (exact) mass is 504 g/mol. The first kappa shape index (κ1) is 28.1. The SMILES string of the molecule is CC(=O)NNS(=O)(=O)c1ccc(-n2nc(C(F)(F)F)cc2-c2ccc(C(C)(C)C)cc2)cc1.[NaH]. The van der Waals surface area contributed by atoms with E-state index in [1.165, 1.54) is 24.3 Å². The number of alkyl halides is 3. The average Bonchev–Trinajstić information content (AvgIpc) is 3.18. The van der Waals surface area contributed by atoms with Gasteiger partial charge in [0.05, 0.1) is 16.3 Å². The summed E-state index contributed by atoms with van der Waals surface area (Å²) in [7, 11) is -4.05. The number of hydrogen-bond acceptors (Lipinski definition) is 4. The van der Waals surface area contributed by atoms with Crippen molar-refractivity contribution in [1.82, 2.24) is 20.0 Å². The molecule has 2 aromatic carbocycles. The second-order valence-electron chi connectivity index (χ2n) is 8.43. The van der Waals surface area contributed by atoms with Crippen LogP contribution in [0.4, 0.5) is 13.2 Å². The van der Waals surface area contributed by atoms with Crippen molar-refractivity contribution >= 4 is 45.5 Å². The van der Waals surface area contributed by atoms with Crippen LogP contribution in [0.1, 0.15) is 39.0 Å². The van der Waals surface area contributed by atoms with Gasteiger partial charge >= 0.3 is 35.7 Å². The summed E-state index contributed by atoms with van der Waals surface area (Å²) in [6.07, 6.45) is -4.66. The van der Waals surface area contributed by atoms with Crippen LogP contribution in [0.2, 0.25) is 0 Å². The number of aromatic nitrogens is 2. The van der Waals surface area contributed by atoms with Gasteiger partial charge in [-0.1, -0.05) is 45.0 Å². The van der Waals surface area contributed by atoms with E-state index in [4.69, 9.17) is 0 Å². The van der Waals surface area contributed by atoms with Crippen LogP contribution in [0.15, 0.2) is 59.5 Å². The Morgan fingerprint density at radius 2 is 1.53 bits per heavy atom. The molecular weight excluding hydrogens is 480 g/mol. The van der Waals surface area contributed by atoms with Crippen molar-refractivity contribution in [2.24, 2.45) is 0 Å². The van der Waals surface area contributed by atoms with E-state index >= 15 is 0 Å². The van der Waals surface area contributed by atoms with Crippen LogP contribution in [-0.2, 0) is 26.4 Å². The summed E-state index contributed by atoms with van der Waals surface area (Å²) < 4.78 is 65.8. The number of carbonyl (C=O) groups excluding carboxylic acids is 1. The average molecular weight is 505 g/mol. The summed E-state index contributed by atoms with van der Waals surface area (Å²) >= 11 is 0. The molecule has 0 spiro atoms. The Labute approximate surface area is 218 Å². The molecule has 3 rings (SSSR count). The van der Waals surface area contributed by atoms with Crippen molar-refractivity contribution in [2.45, 2.75) is 44.2 Å². The number of nitrogens with one attached hydrogen (secondary N) is 2. The first-order valence-corrected chi connectivity index (χ1v) is 11.3. The second-order valence-corrected chi connectivity index (χ2v) is 10.1. The standard InChI is InChI=1S/C22H23F3N4O3S.Na.H/c1-14(30)26-28-33(31,32)18-11-9-17(10-12-18)29-19(13-20(27-29)22(23,24)25)15-5-7-16(8-6-15)21(2,3)4;;/h5-13,28H,1-4H3,(H,26,30);;. The van der Waals surface area contributed by atoms with E-state index in [0.717, 1.165) is 23.2 Å². The Balaban J connectivity index is 0.00000408. The number of rotatable bonds is 5. The van der Waals surface area contributed by atoms with Crippen molar-refractivity contribution in [3.63, 3.8) is 0 Å². The quantitative estimate of drug-likeness (QED) is 0.411. The van der Waals surface area contributed by atoms with Gasteiger partial charge in [0.1, 0.15) is 0 Å². The molecular formula is C22H24F3N4NaO3S. The van der Waals surface area contributed by atoms with E-state index in [1.807, 2.05) is 43.2 Å². The van der Waals surface area contributed by atoms with Gasteiger partial charge in [-0.15, -0.1) is 4.83 Å². The van der Waals surface area contributed by atoms with Crippen LogP contribution in [0.25, 0.3) is 16.9 Å². The van der Waals surface area contributed by atoms with Crippen molar-refractivity contribution in [3.05, 3.63) is 65.9 Å². The zero-order chi connectivity index (χ0) is 24.6. The predicted octanol–water partition coefficient (Wildman–Crippen LogP) is 3.54. The number of hydrazine groups is 1. The number of nitrogens with zero attached hydrogens (tertiary/aromatic N) is 2. The molecule has 1 heterocycles. The zero-order valence-corrected chi connectivity index (χ0v) is 19.2. The number of carbonyl (C=O) groups is 1. The van der Waals surface area contributed by atoms with Crippen LogP contribution in [0.5, 0.6) is 0 Å². The van der Waals surface area contributed by atoms with Gasteiger partial charge in [-0.05, 0) is 41.3 Å².